The van der Waals surface area contributed by atoms with Gasteiger partial charge in [-0.2, -0.15) is 0 Å². The van der Waals surface area contributed by atoms with E-state index >= 15 is 0 Å². The number of fused-ring (bicyclic) bond motifs is 1. The molecule has 4 N–H and O–H groups in total. The number of ether oxygens (including phenoxy) is 2. The molecule has 4 amide bonds. The number of unbranched alkanes of at least 4 members (excludes halogenated alkanes) is 1. The number of carbonyl (C=O) groups excluding carboxylic acids is 3. The third-order valence-electron chi connectivity index (χ3n) is 10.8. The molecular formula is C44H77BN4O9. The average Bonchev–Trinajstić information content (AvgIpc) is 3.84. The van der Waals surface area contributed by atoms with Gasteiger partial charge >= 0.3 is 19.3 Å². The van der Waals surface area contributed by atoms with Crippen molar-refractivity contribution in [2.24, 2.45) is 16.7 Å². The minimum Gasteiger partial charge on any atom is -0.465 e. The Kier molecular flexibility index (Phi) is 21.0. The Labute approximate surface area is 349 Å². The van der Waals surface area contributed by atoms with E-state index in [0.717, 1.165) is 56.1 Å². The van der Waals surface area contributed by atoms with Crippen LogP contribution in [0.2, 0.25) is 0 Å². The lowest BCUT2D eigenvalue weighted by atomic mass is 9.72. The molecule has 3 aliphatic rings. The molecule has 3 unspecified atom stereocenters. The number of carboxylic acid groups (broad SMARTS) is 1. The van der Waals surface area contributed by atoms with E-state index in [4.69, 9.17) is 19.2 Å². The van der Waals surface area contributed by atoms with Crippen molar-refractivity contribution < 1.29 is 43.4 Å². The summed E-state index contributed by atoms with van der Waals surface area (Å²) >= 11 is 0. The van der Waals surface area contributed by atoms with Gasteiger partial charge in [0.2, 0.25) is 11.8 Å². The number of benzene rings is 1. The second kappa shape index (κ2) is 24.0. The highest BCUT2D eigenvalue weighted by Gasteiger charge is 2.44. The standard InChI is InChI=1S/C33H62BN3O7.C9H9NO2.C2H6/c1-10-12-18-33(9,23-31(3,4)5)44-34(41)26(14-11-2)35-28(38)25-15-13-19-37(25)29(39)27(32(6,7)8)36-30(40)43-22-24-16-20-42-21-17-24;11-9(12)10-5-7-3-1-2-4-8(7)6-10;1-2/h24-27,41H,10-23H2,1-9H3,(H,35,38)(H,36,40);1-4H,5-6H2,(H,11,12);1-2H3/t25?,26?,27?,33-;;/m1../s1. The van der Waals surface area contributed by atoms with Crippen molar-refractivity contribution in [1.29, 1.82) is 0 Å². The highest BCUT2D eigenvalue weighted by Crippen LogP contribution is 2.34. The summed E-state index contributed by atoms with van der Waals surface area (Å²) in [6.45, 7) is 25.4. The van der Waals surface area contributed by atoms with Crippen molar-refractivity contribution in [2.45, 2.75) is 177 Å². The van der Waals surface area contributed by atoms with Crippen molar-refractivity contribution in [1.82, 2.24) is 20.4 Å². The lowest BCUT2D eigenvalue weighted by molar-refractivity contribution is -0.142. The fraction of sp³-hybridized carbons (Fsp3) is 0.773. The van der Waals surface area contributed by atoms with Crippen LogP contribution in [-0.2, 0) is 36.8 Å². The molecule has 4 atom stereocenters. The van der Waals surface area contributed by atoms with Crippen molar-refractivity contribution >= 4 is 31.1 Å². The Balaban J connectivity index is 0.000000691. The molecule has 1 aromatic rings. The van der Waals surface area contributed by atoms with Gasteiger partial charge in [-0.15, -0.1) is 0 Å². The van der Waals surface area contributed by atoms with E-state index < -0.39 is 48.3 Å². The number of amides is 4. The first-order chi connectivity index (χ1) is 27.3. The SMILES string of the molecule is CC.CCCC[C@](C)(CC(C)(C)C)OB(O)C(CCC)NC(=O)C1CCCN1C(=O)C(NC(=O)OCC1CCOCC1)C(C)(C)C.O=C(O)N1Cc2ccccc2C1. The van der Waals surface area contributed by atoms with E-state index in [9.17, 15) is 24.2 Å². The van der Waals surface area contributed by atoms with Gasteiger partial charge in [0.1, 0.15) is 12.1 Å². The smallest absolute Gasteiger partial charge is 0.465 e. The Morgan fingerprint density at radius 2 is 1.53 bits per heavy atom. The number of nitrogens with zero attached hydrogens (tertiary/aromatic N) is 2. The minimum absolute atomic E-state index is 0.00527. The van der Waals surface area contributed by atoms with Crippen molar-refractivity contribution in [3.8, 4) is 0 Å². The highest BCUT2D eigenvalue weighted by atomic mass is 16.6. The Morgan fingerprint density at radius 1 is 0.931 bits per heavy atom. The zero-order chi connectivity index (χ0) is 43.7. The summed E-state index contributed by atoms with van der Waals surface area (Å²) in [5.41, 5.74) is 1.11. The summed E-state index contributed by atoms with van der Waals surface area (Å²) in [7, 11) is -1.18. The number of hydrogen-bond donors (Lipinski definition) is 4. The molecule has 0 spiro atoms. The van der Waals surface area contributed by atoms with E-state index in [2.05, 4.69) is 38.3 Å². The first-order valence-electron chi connectivity index (χ1n) is 21.8. The molecule has 0 aromatic heterocycles. The topological polar surface area (TPSA) is 167 Å². The van der Waals surface area contributed by atoms with Gasteiger partial charge in [0.15, 0.2) is 0 Å². The third kappa shape index (κ3) is 16.7. The maximum absolute atomic E-state index is 13.9. The maximum Gasteiger partial charge on any atom is 0.478 e. The number of alkyl carbamates (subject to hydrolysis) is 1. The van der Waals surface area contributed by atoms with E-state index in [1.54, 1.807) is 4.90 Å². The molecule has 14 heteroatoms. The third-order valence-corrected chi connectivity index (χ3v) is 10.8. The van der Waals surface area contributed by atoms with Crippen molar-refractivity contribution in [3.63, 3.8) is 0 Å². The molecule has 0 saturated carbocycles. The fourth-order valence-corrected chi connectivity index (χ4v) is 7.96. The van der Waals surface area contributed by atoms with Crippen LogP contribution < -0.4 is 10.6 Å². The zero-order valence-electron chi connectivity index (χ0n) is 37.7. The summed E-state index contributed by atoms with van der Waals surface area (Å²) < 4.78 is 17.2. The van der Waals surface area contributed by atoms with E-state index in [0.29, 0.717) is 52.1 Å². The van der Waals surface area contributed by atoms with Crippen LogP contribution in [0, 0.1) is 16.7 Å². The normalized spacial score (nSPS) is 18.9. The van der Waals surface area contributed by atoms with Gasteiger partial charge in [-0.25, -0.2) is 9.59 Å². The van der Waals surface area contributed by atoms with Crippen LogP contribution >= 0.6 is 0 Å². The zero-order valence-corrected chi connectivity index (χ0v) is 37.7. The van der Waals surface area contributed by atoms with Gasteiger partial charge in [0, 0.05) is 32.8 Å². The summed E-state index contributed by atoms with van der Waals surface area (Å²) in [5.74, 6) is -0.974. The molecule has 0 bridgehead atoms. The summed E-state index contributed by atoms with van der Waals surface area (Å²) in [6, 6.07) is 6.25. The minimum atomic E-state index is -1.18. The Bertz CT molecular complexity index is 1400. The highest BCUT2D eigenvalue weighted by molar-refractivity contribution is 6.45. The molecule has 330 valence electrons. The van der Waals surface area contributed by atoms with Crippen LogP contribution in [0.4, 0.5) is 9.59 Å². The van der Waals surface area contributed by atoms with Gasteiger partial charge < -0.3 is 39.8 Å². The predicted octanol–water partition coefficient (Wildman–Crippen LogP) is 7.96. The van der Waals surface area contributed by atoms with Crippen LogP contribution in [0.25, 0.3) is 0 Å². The molecule has 13 nitrogen and oxygen atoms in total. The Hall–Kier alpha value is -3.36. The van der Waals surface area contributed by atoms with Gasteiger partial charge in [-0.05, 0) is 79.7 Å². The maximum atomic E-state index is 13.9. The number of nitrogens with one attached hydrogen (secondary N) is 2. The van der Waals surface area contributed by atoms with Crippen LogP contribution in [0.3, 0.4) is 0 Å². The van der Waals surface area contributed by atoms with Gasteiger partial charge in [0.25, 0.3) is 0 Å². The largest absolute Gasteiger partial charge is 0.478 e. The average molecular weight is 817 g/mol. The molecular weight excluding hydrogens is 739 g/mol. The first kappa shape index (κ1) is 50.8. The fourth-order valence-electron chi connectivity index (χ4n) is 7.96. The molecule has 2 fully saturated rings. The van der Waals surface area contributed by atoms with Crippen molar-refractivity contribution in [3.05, 3.63) is 35.4 Å². The van der Waals surface area contributed by atoms with Gasteiger partial charge in [-0.3, -0.25) is 14.5 Å². The quantitative estimate of drug-likeness (QED) is 0.129. The van der Waals surface area contributed by atoms with E-state index in [1.165, 1.54) is 4.90 Å². The summed E-state index contributed by atoms with van der Waals surface area (Å²) in [4.78, 5) is 54.0. The number of hydrogen-bond acceptors (Lipinski definition) is 8. The van der Waals surface area contributed by atoms with Crippen LogP contribution in [-0.4, -0.2) is 101 Å². The van der Waals surface area contributed by atoms with Crippen LogP contribution in [0.1, 0.15) is 151 Å². The molecule has 58 heavy (non-hydrogen) atoms. The number of rotatable bonds is 15. The molecule has 4 rings (SSSR count). The molecule has 1 aromatic carbocycles. The summed E-state index contributed by atoms with van der Waals surface area (Å²) in [5, 5.41) is 25.8. The molecule has 3 heterocycles. The van der Waals surface area contributed by atoms with Crippen LogP contribution in [0.5, 0.6) is 0 Å². The van der Waals surface area contributed by atoms with Crippen LogP contribution in [0.15, 0.2) is 24.3 Å². The number of carbonyl (C=O) groups is 4. The molecule has 3 aliphatic heterocycles. The first-order valence-corrected chi connectivity index (χ1v) is 21.8. The van der Waals surface area contributed by atoms with E-state index in [1.807, 2.05) is 72.7 Å². The molecule has 2 saturated heterocycles. The molecule has 0 aliphatic carbocycles. The number of likely N-dealkylation sites (tertiary alicyclic amines) is 1. The lowest BCUT2D eigenvalue weighted by Gasteiger charge is -2.39. The lowest BCUT2D eigenvalue weighted by Crippen LogP contribution is -2.59. The second-order valence-electron chi connectivity index (χ2n) is 18.4. The second-order valence-corrected chi connectivity index (χ2v) is 18.4. The van der Waals surface area contributed by atoms with Crippen molar-refractivity contribution in [2.75, 3.05) is 26.4 Å². The monoisotopic (exact) mass is 817 g/mol. The summed E-state index contributed by atoms with van der Waals surface area (Å²) in [6.07, 6.45) is 6.27. The predicted molar refractivity (Wildman–Crippen MR) is 229 cm³/mol. The van der Waals surface area contributed by atoms with E-state index in [-0.39, 0.29) is 29.8 Å². The molecule has 0 radical (unpaired) electrons. The van der Waals surface area contributed by atoms with Gasteiger partial charge in [-0.1, -0.05) is 113 Å². The Morgan fingerprint density at radius 3 is 2.05 bits per heavy atom. The van der Waals surface area contributed by atoms with Gasteiger partial charge in [0.05, 0.1) is 18.1 Å².